The molecule has 0 aliphatic heterocycles. The van der Waals surface area contributed by atoms with E-state index < -0.39 is 0 Å². The number of rotatable bonds is 3. The van der Waals surface area contributed by atoms with E-state index in [1.54, 1.807) is 0 Å². The summed E-state index contributed by atoms with van der Waals surface area (Å²) >= 11 is 1.22. The molecule has 4 heteroatoms. The van der Waals surface area contributed by atoms with Crippen molar-refractivity contribution in [3.05, 3.63) is 46.7 Å². The van der Waals surface area contributed by atoms with Crippen LogP contribution in [0.3, 0.4) is 0 Å². The van der Waals surface area contributed by atoms with E-state index in [0.717, 1.165) is 5.56 Å². The van der Waals surface area contributed by atoms with E-state index in [-0.39, 0.29) is 6.61 Å². The first-order valence-corrected chi connectivity index (χ1v) is 5.32. The topological polar surface area (TPSA) is 46.0 Å². The Hall–Kier alpha value is -1.52. The number of hydrogen-bond acceptors (Lipinski definition) is 4. The van der Waals surface area contributed by atoms with Crippen LogP contribution in [-0.2, 0) is 6.61 Å². The lowest BCUT2D eigenvalue weighted by molar-refractivity contribution is 0.281. The summed E-state index contributed by atoms with van der Waals surface area (Å²) in [4.78, 5) is 4.11. The highest BCUT2D eigenvalue weighted by atomic mass is 32.1. The van der Waals surface area contributed by atoms with Crippen molar-refractivity contribution >= 4 is 23.7 Å². The van der Waals surface area contributed by atoms with Crippen LogP contribution >= 0.6 is 11.5 Å². The van der Waals surface area contributed by atoms with E-state index in [9.17, 15) is 0 Å². The van der Waals surface area contributed by atoms with Gasteiger partial charge in [0.15, 0.2) is 5.82 Å². The van der Waals surface area contributed by atoms with Crippen molar-refractivity contribution in [1.29, 1.82) is 0 Å². The van der Waals surface area contributed by atoms with Gasteiger partial charge in [0.05, 0.1) is 6.61 Å². The fourth-order valence-electron chi connectivity index (χ4n) is 1.13. The van der Waals surface area contributed by atoms with Crippen molar-refractivity contribution in [2.75, 3.05) is 0 Å². The minimum absolute atomic E-state index is 0.0448. The Balaban J connectivity index is 2.11. The molecule has 0 amide bonds. The number of aliphatic hydroxyl groups excluding tert-OH is 1. The molecule has 0 aliphatic rings. The van der Waals surface area contributed by atoms with Gasteiger partial charge < -0.3 is 5.11 Å². The maximum atomic E-state index is 8.82. The van der Waals surface area contributed by atoms with Gasteiger partial charge in [-0.2, -0.15) is 4.37 Å². The third kappa shape index (κ3) is 2.71. The highest BCUT2D eigenvalue weighted by Gasteiger charge is 1.98. The van der Waals surface area contributed by atoms with E-state index in [1.165, 1.54) is 11.5 Å². The average molecular weight is 218 g/mol. The first kappa shape index (κ1) is 10.0. The second-order valence-corrected chi connectivity index (χ2v) is 3.78. The third-order valence-corrected chi connectivity index (χ3v) is 2.55. The minimum Gasteiger partial charge on any atom is -0.389 e. The Kier molecular flexibility index (Phi) is 3.22. The van der Waals surface area contributed by atoms with Crippen molar-refractivity contribution < 1.29 is 5.11 Å². The summed E-state index contributed by atoms with van der Waals surface area (Å²) in [5.74, 6) is 0.646. The van der Waals surface area contributed by atoms with Crippen molar-refractivity contribution in [2.45, 2.75) is 6.61 Å². The fourth-order valence-corrected chi connectivity index (χ4v) is 1.63. The SMILES string of the molecule is OCc1nc(C=Cc2ccccc2)ns1. The van der Waals surface area contributed by atoms with Gasteiger partial charge in [0.1, 0.15) is 5.01 Å². The summed E-state index contributed by atoms with van der Waals surface area (Å²) in [6.45, 7) is -0.0448. The summed E-state index contributed by atoms with van der Waals surface area (Å²) in [6.07, 6.45) is 3.79. The molecule has 0 aliphatic carbocycles. The van der Waals surface area contributed by atoms with Gasteiger partial charge in [-0.3, -0.25) is 0 Å². The third-order valence-electron chi connectivity index (χ3n) is 1.84. The smallest absolute Gasteiger partial charge is 0.165 e. The van der Waals surface area contributed by atoms with Gasteiger partial charge in [-0.25, -0.2) is 4.98 Å². The van der Waals surface area contributed by atoms with Gasteiger partial charge in [-0.15, -0.1) is 0 Å². The molecule has 1 aromatic carbocycles. The minimum atomic E-state index is -0.0448. The molecular weight excluding hydrogens is 208 g/mol. The van der Waals surface area contributed by atoms with Crippen molar-refractivity contribution in [3.63, 3.8) is 0 Å². The molecule has 2 aromatic rings. The molecule has 0 bridgehead atoms. The van der Waals surface area contributed by atoms with Crippen LogP contribution in [0.5, 0.6) is 0 Å². The van der Waals surface area contributed by atoms with E-state index >= 15 is 0 Å². The molecule has 0 atom stereocenters. The molecule has 0 unspecified atom stereocenters. The largest absolute Gasteiger partial charge is 0.389 e. The second-order valence-electron chi connectivity index (χ2n) is 2.95. The van der Waals surface area contributed by atoms with Gasteiger partial charge in [0.2, 0.25) is 0 Å². The maximum Gasteiger partial charge on any atom is 0.165 e. The van der Waals surface area contributed by atoms with Gasteiger partial charge in [0.25, 0.3) is 0 Å². The van der Waals surface area contributed by atoms with E-state index in [0.29, 0.717) is 10.8 Å². The van der Waals surface area contributed by atoms with Crippen LogP contribution in [0.1, 0.15) is 16.4 Å². The number of nitrogens with zero attached hydrogens (tertiary/aromatic N) is 2. The molecule has 0 radical (unpaired) electrons. The number of aromatic nitrogens is 2. The first-order chi connectivity index (χ1) is 7.38. The molecule has 0 spiro atoms. The average Bonchev–Trinajstić information content (AvgIpc) is 2.76. The van der Waals surface area contributed by atoms with Crippen LogP contribution < -0.4 is 0 Å². The van der Waals surface area contributed by atoms with E-state index in [1.807, 2.05) is 42.5 Å². The summed E-state index contributed by atoms with van der Waals surface area (Å²) < 4.78 is 4.09. The highest BCUT2D eigenvalue weighted by Crippen LogP contribution is 2.08. The van der Waals surface area contributed by atoms with Crippen LogP contribution in [0.4, 0.5) is 0 Å². The summed E-state index contributed by atoms with van der Waals surface area (Å²) in [6, 6.07) is 9.95. The lowest BCUT2D eigenvalue weighted by atomic mass is 10.2. The predicted octanol–water partition coefficient (Wildman–Crippen LogP) is 2.20. The monoisotopic (exact) mass is 218 g/mol. The summed E-state index contributed by atoms with van der Waals surface area (Å²) in [5, 5.41) is 9.46. The van der Waals surface area contributed by atoms with E-state index in [4.69, 9.17) is 5.11 Å². The van der Waals surface area contributed by atoms with Crippen LogP contribution in [0, 0.1) is 0 Å². The zero-order valence-electron chi connectivity index (χ0n) is 8.00. The Morgan fingerprint density at radius 2 is 2.00 bits per heavy atom. The first-order valence-electron chi connectivity index (χ1n) is 4.55. The molecular formula is C11H10N2OS. The number of benzene rings is 1. The highest BCUT2D eigenvalue weighted by molar-refractivity contribution is 7.05. The molecule has 15 heavy (non-hydrogen) atoms. The lowest BCUT2D eigenvalue weighted by Crippen LogP contribution is -1.80. The summed E-state index contributed by atoms with van der Waals surface area (Å²) in [5.41, 5.74) is 1.11. The lowest BCUT2D eigenvalue weighted by Gasteiger charge is -1.88. The Morgan fingerprint density at radius 1 is 1.20 bits per heavy atom. The zero-order valence-corrected chi connectivity index (χ0v) is 8.81. The van der Waals surface area contributed by atoms with Crippen LogP contribution in [0.25, 0.3) is 12.2 Å². The summed E-state index contributed by atoms with van der Waals surface area (Å²) in [7, 11) is 0. The quantitative estimate of drug-likeness (QED) is 0.859. The van der Waals surface area contributed by atoms with Crippen molar-refractivity contribution in [2.24, 2.45) is 0 Å². The molecule has 0 saturated heterocycles. The molecule has 1 aromatic heterocycles. The molecule has 3 nitrogen and oxygen atoms in total. The van der Waals surface area contributed by atoms with Crippen molar-refractivity contribution in [1.82, 2.24) is 9.36 Å². The molecule has 76 valence electrons. The number of aliphatic hydroxyl groups is 1. The fraction of sp³-hybridized carbons (Fsp3) is 0.0909. The second kappa shape index (κ2) is 4.82. The van der Waals surface area contributed by atoms with E-state index in [2.05, 4.69) is 9.36 Å². The molecule has 0 fully saturated rings. The zero-order chi connectivity index (χ0) is 10.5. The molecule has 1 N–H and O–H groups in total. The Labute approximate surface area is 91.9 Å². The van der Waals surface area contributed by atoms with Gasteiger partial charge in [-0.05, 0) is 23.2 Å². The molecule has 2 rings (SSSR count). The molecule has 1 heterocycles. The Bertz CT molecular complexity index is 451. The van der Waals surface area contributed by atoms with Crippen LogP contribution in [0.2, 0.25) is 0 Å². The molecule has 0 saturated carbocycles. The number of hydrogen-bond donors (Lipinski definition) is 1. The predicted molar refractivity (Wildman–Crippen MR) is 61.2 cm³/mol. The van der Waals surface area contributed by atoms with Gasteiger partial charge in [-0.1, -0.05) is 36.4 Å². The maximum absolute atomic E-state index is 8.82. The Morgan fingerprint density at radius 3 is 2.67 bits per heavy atom. The normalized spacial score (nSPS) is 11.0. The van der Waals surface area contributed by atoms with Crippen molar-refractivity contribution in [3.8, 4) is 0 Å². The van der Waals surface area contributed by atoms with Crippen LogP contribution in [-0.4, -0.2) is 14.5 Å². The van der Waals surface area contributed by atoms with Gasteiger partial charge >= 0.3 is 0 Å². The standard InChI is InChI=1S/C11H10N2OS/c14-8-11-12-10(13-15-11)7-6-9-4-2-1-3-5-9/h1-7,14H,8H2. The van der Waals surface area contributed by atoms with Crippen LogP contribution in [0.15, 0.2) is 30.3 Å². The van der Waals surface area contributed by atoms with Gasteiger partial charge in [0, 0.05) is 0 Å².